The topological polar surface area (TPSA) is 87.7 Å². The minimum Gasteiger partial charge on any atom is -0.497 e. The Balaban J connectivity index is 2.32. The smallest absolute Gasteiger partial charge is 0.326 e. The molecular formula is C14H20N2O4. The average molecular weight is 280 g/mol. The molecule has 0 heterocycles. The van der Waals surface area contributed by atoms with Crippen molar-refractivity contribution < 1.29 is 19.4 Å². The van der Waals surface area contributed by atoms with E-state index < -0.39 is 18.0 Å². The Labute approximate surface area is 118 Å². The van der Waals surface area contributed by atoms with Gasteiger partial charge in [0.05, 0.1) is 7.11 Å². The Kier molecular flexibility index (Phi) is 6.36. The molecule has 0 spiro atoms. The van der Waals surface area contributed by atoms with E-state index in [4.69, 9.17) is 9.84 Å². The summed E-state index contributed by atoms with van der Waals surface area (Å²) in [6.07, 6.45) is 1.02. The summed E-state index contributed by atoms with van der Waals surface area (Å²) in [5, 5.41) is 13.9. The number of hydrogen-bond donors (Lipinski definition) is 3. The van der Waals surface area contributed by atoms with Gasteiger partial charge < -0.3 is 20.5 Å². The molecule has 0 aliphatic heterocycles. The minimum absolute atomic E-state index is 0.348. The van der Waals surface area contributed by atoms with Crippen LogP contribution in [0.5, 0.6) is 5.75 Å². The third-order valence-electron chi connectivity index (χ3n) is 2.87. The van der Waals surface area contributed by atoms with Crippen molar-refractivity contribution in [3.05, 3.63) is 29.8 Å². The van der Waals surface area contributed by atoms with Crippen LogP contribution >= 0.6 is 0 Å². The van der Waals surface area contributed by atoms with E-state index in [2.05, 4.69) is 10.6 Å². The third-order valence-corrected chi connectivity index (χ3v) is 2.87. The number of amides is 2. The molecule has 3 N–H and O–H groups in total. The molecule has 0 saturated heterocycles. The number of methoxy groups -OCH3 is 1. The van der Waals surface area contributed by atoms with Crippen molar-refractivity contribution in [1.29, 1.82) is 0 Å². The van der Waals surface area contributed by atoms with E-state index in [1.54, 1.807) is 14.0 Å². The monoisotopic (exact) mass is 280 g/mol. The van der Waals surface area contributed by atoms with Gasteiger partial charge in [0.2, 0.25) is 0 Å². The number of aliphatic carboxylic acids is 1. The predicted octanol–water partition coefficient (Wildman–Crippen LogP) is 1.40. The van der Waals surface area contributed by atoms with E-state index >= 15 is 0 Å². The first kappa shape index (κ1) is 15.8. The van der Waals surface area contributed by atoms with Crippen molar-refractivity contribution >= 4 is 12.0 Å². The second-order valence-corrected chi connectivity index (χ2v) is 4.30. The third kappa shape index (κ3) is 5.17. The molecule has 0 unspecified atom stereocenters. The van der Waals surface area contributed by atoms with Crippen LogP contribution in [-0.2, 0) is 11.2 Å². The van der Waals surface area contributed by atoms with E-state index in [-0.39, 0.29) is 0 Å². The molecule has 1 rings (SSSR count). The van der Waals surface area contributed by atoms with E-state index in [0.29, 0.717) is 19.4 Å². The second kappa shape index (κ2) is 8.04. The molecule has 0 saturated carbocycles. The highest BCUT2D eigenvalue weighted by atomic mass is 16.5. The van der Waals surface area contributed by atoms with Gasteiger partial charge in [0, 0.05) is 6.54 Å². The molecule has 0 aliphatic carbocycles. The number of carbonyl (C=O) groups excluding carboxylic acids is 1. The molecule has 110 valence electrons. The van der Waals surface area contributed by atoms with Gasteiger partial charge in [-0.25, -0.2) is 9.59 Å². The Hall–Kier alpha value is -2.24. The van der Waals surface area contributed by atoms with Gasteiger partial charge in [-0.15, -0.1) is 0 Å². The van der Waals surface area contributed by atoms with Gasteiger partial charge in [-0.1, -0.05) is 19.1 Å². The first-order valence-corrected chi connectivity index (χ1v) is 6.47. The highest BCUT2D eigenvalue weighted by Crippen LogP contribution is 2.11. The van der Waals surface area contributed by atoms with Crippen LogP contribution in [0.4, 0.5) is 4.79 Å². The first-order valence-electron chi connectivity index (χ1n) is 6.47. The van der Waals surface area contributed by atoms with E-state index in [0.717, 1.165) is 11.3 Å². The molecular weight excluding hydrogens is 260 g/mol. The summed E-state index contributed by atoms with van der Waals surface area (Å²) in [6, 6.07) is 6.23. The number of rotatable bonds is 7. The molecule has 6 heteroatoms. The number of carbonyl (C=O) groups is 2. The van der Waals surface area contributed by atoms with Gasteiger partial charge in [-0.2, -0.15) is 0 Å². The number of carboxylic acids is 1. The van der Waals surface area contributed by atoms with E-state index in [1.165, 1.54) is 0 Å². The van der Waals surface area contributed by atoms with E-state index in [9.17, 15) is 9.59 Å². The summed E-state index contributed by atoms with van der Waals surface area (Å²) in [5.74, 6) is -0.246. The molecule has 1 aromatic carbocycles. The first-order chi connectivity index (χ1) is 9.56. The van der Waals surface area contributed by atoms with Crippen LogP contribution in [0.1, 0.15) is 18.9 Å². The lowest BCUT2D eigenvalue weighted by atomic mass is 10.1. The van der Waals surface area contributed by atoms with Crippen molar-refractivity contribution in [2.75, 3.05) is 13.7 Å². The summed E-state index contributed by atoms with van der Waals surface area (Å²) in [6.45, 7) is 2.14. The lowest BCUT2D eigenvalue weighted by Crippen LogP contribution is -2.46. The average Bonchev–Trinajstić information content (AvgIpc) is 2.45. The van der Waals surface area contributed by atoms with Gasteiger partial charge >= 0.3 is 12.0 Å². The van der Waals surface area contributed by atoms with Gasteiger partial charge in [0.25, 0.3) is 0 Å². The van der Waals surface area contributed by atoms with Gasteiger partial charge in [0.1, 0.15) is 11.8 Å². The van der Waals surface area contributed by atoms with Crippen LogP contribution in [-0.4, -0.2) is 36.8 Å². The minimum atomic E-state index is -1.03. The normalized spacial score (nSPS) is 11.5. The lowest BCUT2D eigenvalue weighted by molar-refractivity contribution is -0.139. The fourth-order valence-electron chi connectivity index (χ4n) is 1.66. The summed E-state index contributed by atoms with van der Waals surface area (Å²) >= 11 is 0. The molecule has 2 amide bonds. The number of nitrogens with one attached hydrogen (secondary N) is 2. The van der Waals surface area contributed by atoms with Crippen molar-refractivity contribution in [3.8, 4) is 5.75 Å². The molecule has 0 radical (unpaired) electrons. The van der Waals surface area contributed by atoms with Crippen molar-refractivity contribution in [2.45, 2.75) is 25.8 Å². The van der Waals surface area contributed by atoms with Gasteiger partial charge in [0.15, 0.2) is 0 Å². The Bertz CT molecular complexity index is 445. The maximum absolute atomic E-state index is 11.5. The summed E-state index contributed by atoms with van der Waals surface area (Å²) in [7, 11) is 1.60. The van der Waals surface area contributed by atoms with Crippen molar-refractivity contribution in [3.63, 3.8) is 0 Å². The van der Waals surface area contributed by atoms with Crippen molar-refractivity contribution in [2.24, 2.45) is 0 Å². The zero-order valence-corrected chi connectivity index (χ0v) is 11.7. The summed E-state index contributed by atoms with van der Waals surface area (Å²) < 4.78 is 5.06. The van der Waals surface area contributed by atoms with Crippen LogP contribution in [0.3, 0.4) is 0 Å². The lowest BCUT2D eigenvalue weighted by Gasteiger charge is -2.13. The van der Waals surface area contributed by atoms with Crippen LogP contribution < -0.4 is 15.4 Å². The van der Waals surface area contributed by atoms with Crippen LogP contribution in [0, 0.1) is 0 Å². The maximum Gasteiger partial charge on any atom is 0.326 e. The van der Waals surface area contributed by atoms with Crippen molar-refractivity contribution in [1.82, 2.24) is 10.6 Å². The highest BCUT2D eigenvalue weighted by Gasteiger charge is 2.16. The predicted molar refractivity (Wildman–Crippen MR) is 74.9 cm³/mol. The quantitative estimate of drug-likeness (QED) is 0.704. The number of benzene rings is 1. The standard InChI is InChI=1S/C14H20N2O4/c1-3-12(13(17)18)16-14(19)15-9-8-10-4-6-11(20-2)7-5-10/h4-7,12H,3,8-9H2,1-2H3,(H,17,18)(H2,15,16,19)/t12-/m1/s1. The highest BCUT2D eigenvalue weighted by molar-refractivity contribution is 5.82. The van der Waals surface area contributed by atoms with Gasteiger partial charge in [-0.3, -0.25) is 0 Å². The van der Waals surface area contributed by atoms with Crippen LogP contribution in [0.2, 0.25) is 0 Å². The van der Waals surface area contributed by atoms with Crippen LogP contribution in [0.15, 0.2) is 24.3 Å². The number of carboxylic acid groups (broad SMARTS) is 1. The summed E-state index contributed by atoms with van der Waals surface area (Å²) in [4.78, 5) is 22.3. The number of ether oxygens (including phenoxy) is 1. The molecule has 1 atom stereocenters. The molecule has 1 aromatic rings. The largest absolute Gasteiger partial charge is 0.497 e. The SMILES string of the molecule is CC[C@@H](NC(=O)NCCc1ccc(OC)cc1)C(=O)O. The zero-order valence-electron chi connectivity index (χ0n) is 11.7. The number of hydrogen-bond acceptors (Lipinski definition) is 3. The van der Waals surface area contributed by atoms with Crippen LogP contribution in [0.25, 0.3) is 0 Å². The fraction of sp³-hybridized carbons (Fsp3) is 0.429. The molecule has 0 bridgehead atoms. The Morgan fingerprint density at radius 3 is 2.45 bits per heavy atom. The number of urea groups is 1. The zero-order chi connectivity index (χ0) is 15.0. The maximum atomic E-state index is 11.5. The van der Waals surface area contributed by atoms with E-state index in [1.807, 2.05) is 24.3 Å². The molecule has 0 fully saturated rings. The fourth-order valence-corrected chi connectivity index (χ4v) is 1.66. The second-order valence-electron chi connectivity index (χ2n) is 4.30. The molecule has 0 aliphatic rings. The molecule has 6 nitrogen and oxygen atoms in total. The molecule has 0 aromatic heterocycles. The Morgan fingerprint density at radius 1 is 1.30 bits per heavy atom. The van der Waals surface area contributed by atoms with Gasteiger partial charge in [-0.05, 0) is 30.5 Å². The summed E-state index contributed by atoms with van der Waals surface area (Å²) in [5.41, 5.74) is 1.07. The Morgan fingerprint density at radius 2 is 1.95 bits per heavy atom. The molecule has 20 heavy (non-hydrogen) atoms.